The average Bonchev–Trinajstić information content (AvgIpc) is 2.86. The molecule has 10 nitrogen and oxygen atoms in total. The molecule has 11 heteroatoms. The number of aliphatic hydroxyl groups is 1. The quantitative estimate of drug-likeness (QED) is 0.561. The maximum Gasteiger partial charge on any atom is 0.355 e. The molecule has 0 fully saturated rings. The number of aliphatic hydroxyl groups excluding tert-OH is 1. The number of hydrogen-bond acceptors (Lipinski definition) is 9. The molecule has 1 aliphatic rings. The van der Waals surface area contributed by atoms with Gasteiger partial charge >= 0.3 is 11.9 Å². The average molecular weight is 477 g/mol. The van der Waals surface area contributed by atoms with E-state index in [1.54, 1.807) is 36.4 Å². The van der Waals surface area contributed by atoms with Crippen molar-refractivity contribution in [2.75, 3.05) is 49.9 Å². The highest BCUT2D eigenvalue weighted by Crippen LogP contribution is 2.34. The molecule has 0 saturated carbocycles. The minimum Gasteiger partial charge on any atom is -0.466 e. The van der Waals surface area contributed by atoms with Crippen LogP contribution in [0.3, 0.4) is 0 Å². The molecule has 2 aromatic carbocycles. The largest absolute Gasteiger partial charge is 0.466 e. The Balaban J connectivity index is 2.19. The first-order chi connectivity index (χ1) is 15.9. The van der Waals surface area contributed by atoms with Gasteiger partial charge in [-0.3, -0.25) is 4.31 Å². The van der Waals surface area contributed by atoms with Gasteiger partial charge in [-0.05, 0) is 24.3 Å². The Morgan fingerprint density at radius 1 is 1.03 bits per heavy atom. The van der Waals surface area contributed by atoms with Gasteiger partial charge in [0.1, 0.15) is 17.3 Å². The van der Waals surface area contributed by atoms with Gasteiger partial charge in [-0.15, -0.1) is 0 Å². The summed E-state index contributed by atoms with van der Waals surface area (Å²) in [4.78, 5) is 26.0. The van der Waals surface area contributed by atoms with E-state index in [0.29, 0.717) is 5.69 Å². The second kappa shape index (κ2) is 10.5. The molecule has 0 bridgehead atoms. The highest BCUT2D eigenvalue weighted by Gasteiger charge is 2.36. The number of para-hydroxylation sites is 2. The second-order valence-electron chi connectivity index (χ2n) is 6.82. The first-order valence-corrected chi connectivity index (χ1v) is 11.3. The maximum atomic E-state index is 13.7. The summed E-state index contributed by atoms with van der Waals surface area (Å²) in [5, 5.41) is 9.54. The predicted molar refractivity (Wildman–Crippen MR) is 119 cm³/mol. The van der Waals surface area contributed by atoms with Crippen molar-refractivity contribution in [1.82, 2.24) is 0 Å². The summed E-state index contributed by atoms with van der Waals surface area (Å²) in [5.74, 6) is -1.65. The Bertz CT molecular complexity index is 1150. The van der Waals surface area contributed by atoms with Crippen molar-refractivity contribution in [3.05, 3.63) is 65.9 Å². The van der Waals surface area contributed by atoms with Crippen molar-refractivity contribution < 1.29 is 37.3 Å². The van der Waals surface area contributed by atoms with E-state index >= 15 is 0 Å². The van der Waals surface area contributed by atoms with Crippen molar-refractivity contribution >= 4 is 33.3 Å². The fourth-order valence-corrected chi connectivity index (χ4v) is 5.08. The zero-order valence-corrected chi connectivity index (χ0v) is 18.9. The van der Waals surface area contributed by atoms with E-state index in [-0.39, 0.29) is 41.7 Å². The highest BCUT2D eigenvalue weighted by molar-refractivity contribution is 7.93. The van der Waals surface area contributed by atoms with Gasteiger partial charge in [-0.25, -0.2) is 18.0 Å². The highest BCUT2D eigenvalue weighted by atomic mass is 32.2. The SMILES string of the molecule is COC(=O)C1=C(C(=O)OC)N(c2ccccc2S(=O)(=O)N(CCO)c2ccccc2)COC1. The van der Waals surface area contributed by atoms with Gasteiger partial charge < -0.3 is 24.2 Å². The van der Waals surface area contributed by atoms with Crippen LogP contribution in [0.2, 0.25) is 0 Å². The Kier molecular flexibility index (Phi) is 7.69. The van der Waals surface area contributed by atoms with E-state index in [2.05, 4.69) is 0 Å². The topological polar surface area (TPSA) is 123 Å². The summed E-state index contributed by atoms with van der Waals surface area (Å²) in [7, 11) is -1.90. The van der Waals surface area contributed by atoms with Crippen molar-refractivity contribution in [2.24, 2.45) is 0 Å². The lowest BCUT2D eigenvalue weighted by Gasteiger charge is -2.33. The van der Waals surface area contributed by atoms with Crippen LogP contribution in [0.5, 0.6) is 0 Å². The van der Waals surface area contributed by atoms with Gasteiger partial charge in [0.25, 0.3) is 10.0 Å². The number of hydrogen-bond donors (Lipinski definition) is 1. The van der Waals surface area contributed by atoms with E-state index < -0.39 is 28.6 Å². The van der Waals surface area contributed by atoms with Gasteiger partial charge in [0.2, 0.25) is 0 Å². The van der Waals surface area contributed by atoms with Crippen molar-refractivity contribution in [2.45, 2.75) is 4.90 Å². The van der Waals surface area contributed by atoms with Gasteiger partial charge in [0.15, 0.2) is 0 Å². The molecular weight excluding hydrogens is 452 g/mol. The van der Waals surface area contributed by atoms with E-state index in [1.807, 2.05) is 0 Å². The standard InChI is InChI=1S/C22H24N2O8S/c1-30-21(26)17-14-32-15-23(20(17)22(27)31-2)18-10-6-7-11-19(18)33(28,29)24(12-13-25)16-8-4-3-5-9-16/h3-11,25H,12-15H2,1-2H3. The zero-order chi connectivity index (χ0) is 24.0. The number of nitrogens with zero attached hydrogens (tertiary/aromatic N) is 2. The molecule has 3 rings (SSSR count). The Labute approximate surface area is 191 Å². The molecule has 1 N–H and O–H groups in total. The number of carbonyl (C=O) groups excluding carboxylic acids is 2. The molecule has 0 amide bonds. The van der Waals surface area contributed by atoms with Gasteiger partial charge in [0, 0.05) is 0 Å². The minimum atomic E-state index is -4.21. The van der Waals surface area contributed by atoms with Crippen LogP contribution >= 0.6 is 0 Å². The summed E-state index contributed by atoms with van der Waals surface area (Å²) in [5.41, 5.74) is 0.179. The molecule has 1 heterocycles. The third-order valence-corrected chi connectivity index (χ3v) is 6.78. The molecule has 0 saturated heterocycles. The summed E-state index contributed by atoms with van der Waals surface area (Å²) >= 11 is 0. The second-order valence-corrected chi connectivity index (χ2v) is 8.65. The number of carbonyl (C=O) groups is 2. The van der Waals surface area contributed by atoms with E-state index in [9.17, 15) is 23.1 Å². The molecule has 176 valence electrons. The molecule has 0 spiro atoms. The number of methoxy groups -OCH3 is 2. The molecule has 33 heavy (non-hydrogen) atoms. The lowest BCUT2D eigenvalue weighted by atomic mass is 10.1. The van der Waals surface area contributed by atoms with Crippen LogP contribution in [0, 0.1) is 0 Å². The minimum absolute atomic E-state index is 0.0953. The van der Waals surface area contributed by atoms with Crippen LogP contribution in [0.25, 0.3) is 0 Å². The molecule has 0 radical (unpaired) electrons. The maximum absolute atomic E-state index is 13.7. The fraction of sp³-hybridized carbons (Fsp3) is 0.273. The molecule has 0 aromatic heterocycles. The summed E-state index contributed by atoms with van der Waals surface area (Å²) in [6, 6.07) is 14.3. The first-order valence-electron chi connectivity index (χ1n) is 9.89. The van der Waals surface area contributed by atoms with Crippen LogP contribution in [-0.2, 0) is 33.8 Å². The van der Waals surface area contributed by atoms with Gasteiger partial charge in [-0.2, -0.15) is 0 Å². The molecule has 2 aromatic rings. The molecule has 1 aliphatic heterocycles. The Morgan fingerprint density at radius 3 is 2.30 bits per heavy atom. The van der Waals surface area contributed by atoms with E-state index in [4.69, 9.17) is 14.2 Å². The Morgan fingerprint density at radius 2 is 1.67 bits per heavy atom. The fourth-order valence-electron chi connectivity index (χ4n) is 3.42. The molecule has 0 atom stereocenters. The normalized spacial score (nSPS) is 14.1. The first kappa shape index (κ1) is 24.2. The number of esters is 2. The number of rotatable bonds is 8. The van der Waals surface area contributed by atoms with Crippen LogP contribution in [0.15, 0.2) is 70.8 Å². The summed E-state index contributed by atoms with van der Waals surface area (Å²) in [6.07, 6.45) is 0. The number of benzene rings is 2. The van der Waals surface area contributed by atoms with Crippen LogP contribution < -0.4 is 9.21 Å². The third kappa shape index (κ3) is 4.85. The molecule has 0 unspecified atom stereocenters. The third-order valence-electron chi connectivity index (χ3n) is 4.90. The Hall–Kier alpha value is -3.41. The van der Waals surface area contributed by atoms with Crippen molar-refractivity contribution in [1.29, 1.82) is 0 Å². The van der Waals surface area contributed by atoms with E-state index in [0.717, 1.165) is 18.5 Å². The monoisotopic (exact) mass is 476 g/mol. The van der Waals surface area contributed by atoms with Crippen molar-refractivity contribution in [3.8, 4) is 0 Å². The van der Waals surface area contributed by atoms with Crippen LogP contribution in [0.4, 0.5) is 11.4 Å². The van der Waals surface area contributed by atoms with Crippen LogP contribution in [-0.4, -0.2) is 66.2 Å². The van der Waals surface area contributed by atoms with Crippen LogP contribution in [0.1, 0.15) is 0 Å². The van der Waals surface area contributed by atoms with E-state index in [1.165, 1.54) is 23.1 Å². The van der Waals surface area contributed by atoms with Gasteiger partial charge in [0.05, 0.1) is 50.9 Å². The summed E-state index contributed by atoms with van der Waals surface area (Å²) < 4.78 is 43.6. The smallest absolute Gasteiger partial charge is 0.355 e. The number of anilines is 2. The zero-order valence-electron chi connectivity index (χ0n) is 18.1. The van der Waals surface area contributed by atoms with Crippen molar-refractivity contribution in [3.63, 3.8) is 0 Å². The lowest BCUT2D eigenvalue weighted by Crippen LogP contribution is -2.40. The number of sulfonamides is 1. The predicted octanol–water partition coefficient (Wildman–Crippen LogP) is 1.27. The molecular formula is C22H24N2O8S. The summed E-state index contributed by atoms with van der Waals surface area (Å²) in [6.45, 7) is -1.01. The molecule has 0 aliphatic carbocycles. The van der Waals surface area contributed by atoms with Gasteiger partial charge in [-0.1, -0.05) is 30.3 Å². The lowest BCUT2D eigenvalue weighted by molar-refractivity contribution is -0.140. The number of ether oxygens (including phenoxy) is 3.